The van der Waals surface area contributed by atoms with Gasteiger partial charge < -0.3 is 5.32 Å². The van der Waals surface area contributed by atoms with E-state index in [-0.39, 0.29) is 15.7 Å². The molecule has 1 N–H and O–H groups in total. The van der Waals surface area contributed by atoms with Gasteiger partial charge in [-0.05, 0) is 67.8 Å². The number of amides is 1. The highest BCUT2D eigenvalue weighted by molar-refractivity contribution is 7.92. The Labute approximate surface area is 215 Å². The van der Waals surface area contributed by atoms with Gasteiger partial charge in [-0.2, -0.15) is 0 Å². The van der Waals surface area contributed by atoms with Gasteiger partial charge in [0, 0.05) is 12.2 Å². The number of sulfonamides is 1. The molecule has 0 unspecified atom stereocenters. The number of carbonyl (C=O) groups excluding carboxylic acids is 1. The maximum absolute atomic E-state index is 13.6. The molecule has 0 radical (unpaired) electrons. The van der Waals surface area contributed by atoms with Crippen LogP contribution in [-0.4, -0.2) is 25.4 Å². The standard InChI is InChI=1S/C27H29N3O4S2/c1-5-29-24-15-10-21(16-25(24)35-27(29)32)28-26(31)17-30(22-11-8-20(9-12-22)18(2)3)36(33,34)23-13-6-19(4)7-14-23/h6-16,18H,5,17H2,1-4H3,(H,28,31). The molecule has 9 heteroatoms. The fraction of sp³-hybridized carbons (Fsp3) is 0.259. The second-order valence-electron chi connectivity index (χ2n) is 8.91. The van der Waals surface area contributed by atoms with Gasteiger partial charge in [0.25, 0.3) is 10.0 Å². The fourth-order valence-electron chi connectivity index (χ4n) is 3.95. The molecule has 0 spiro atoms. The molecular formula is C27H29N3O4S2. The molecule has 0 atom stereocenters. The topological polar surface area (TPSA) is 88.5 Å². The average molecular weight is 524 g/mol. The molecule has 4 rings (SSSR count). The Kier molecular flexibility index (Phi) is 7.33. The highest BCUT2D eigenvalue weighted by Gasteiger charge is 2.27. The Hall–Kier alpha value is -3.43. The lowest BCUT2D eigenvalue weighted by Crippen LogP contribution is -2.38. The smallest absolute Gasteiger partial charge is 0.308 e. The zero-order valence-electron chi connectivity index (χ0n) is 20.7. The highest BCUT2D eigenvalue weighted by Crippen LogP contribution is 2.27. The first-order valence-corrected chi connectivity index (χ1v) is 14.0. The minimum Gasteiger partial charge on any atom is -0.324 e. The lowest BCUT2D eigenvalue weighted by Gasteiger charge is -2.24. The Bertz CT molecular complexity index is 1550. The summed E-state index contributed by atoms with van der Waals surface area (Å²) < 4.78 is 30.8. The van der Waals surface area contributed by atoms with Crippen molar-refractivity contribution >= 4 is 48.9 Å². The van der Waals surface area contributed by atoms with Gasteiger partial charge in [0.1, 0.15) is 6.54 Å². The molecule has 0 aliphatic carbocycles. The number of nitrogens with one attached hydrogen (secondary N) is 1. The molecule has 0 bridgehead atoms. The van der Waals surface area contributed by atoms with E-state index in [2.05, 4.69) is 19.2 Å². The molecule has 3 aromatic carbocycles. The summed E-state index contributed by atoms with van der Waals surface area (Å²) in [4.78, 5) is 25.3. The van der Waals surface area contributed by atoms with E-state index in [0.29, 0.717) is 17.9 Å². The van der Waals surface area contributed by atoms with Gasteiger partial charge in [0.15, 0.2) is 0 Å². The second kappa shape index (κ2) is 10.3. The highest BCUT2D eigenvalue weighted by atomic mass is 32.2. The van der Waals surface area contributed by atoms with E-state index in [0.717, 1.165) is 37.0 Å². The Morgan fingerprint density at radius 1 is 1.03 bits per heavy atom. The lowest BCUT2D eigenvalue weighted by molar-refractivity contribution is -0.114. The molecule has 188 valence electrons. The molecule has 0 saturated carbocycles. The van der Waals surface area contributed by atoms with Crippen molar-refractivity contribution in [1.82, 2.24) is 4.57 Å². The molecular weight excluding hydrogens is 494 g/mol. The monoisotopic (exact) mass is 523 g/mol. The Morgan fingerprint density at radius 3 is 2.31 bits per heavy atom. The number of fused-ring (bicyclic) bond motifs is 1. The number of hydrogen-bond acceptors (Lipinski definition) is 5. The van der Waals surface area contributed by atoms with E-state index < -0.39 is 22.5 Å². The lowest BCUT2D eigenvalue weighted by atomic mass is 10.0. The van der Waals surface area contributed by atoms with Crippen LogP contribution in [-0.2, 0) is 21.4 Å². The van der Waals surface area contributed by atoms with Crippen molar-refractivity contribution in [3.05, 3.63) is 87.5 Å². The molecule has 36 heavy (non-hydrogen) atoms. The van der Waals surface area contributed by atoms with Crippen molar-refractivity contribution in [2.75, 3.05) is 16.2 Å². The number of carbonyl (C=O) groups is 1. The van der Waals surface area contributed by atoms with Crippen LogP contribution < -0.4 is 14.5 Å². The maximum Gasteiger partial charge on any atom is 0.308 e. The summed E-state index contributed by atoms with van der Waals surface area (Å²) in [5.74, 6) is -0.196. The van der Waals surface area contributed by atoms with Gasteiger partial charge in [-0.15, -0.1) is 0 Å². The summed E-state index contributed by atoms with van der Waals surface area (Å²) in [6.07, 6.45) is 0. The zero-order valence-corrected chi connectivity index (χ0v) is 22.3. The third-order valence-corrected chi connectivity index (χ3v) is 8.74. The first kappa shape index (κ1) is 25.7. The van der Waals surface area contributed by atoms with E-state index in [1.807, 2.05) is 26.0 Å². The molecule has 4 aromatic rings. The van der Waals surface area contributed by atoms with Gasteiger partial charge in [-0.3, -0.25) is 18.5 Å². The predicted octanol–water partition coefficient (Wildman–Crippen LogP) is 5.35. The fourth-order valence-corrected chi connectivity index (χ4v) is 6.37. The quantitative estimate of drug-likeness (QED) is 0.337. The molecule has 0 fully saturated rings. The zero-order chi connectivity index (χ0) is 26.0. The number of anilines is 2. The van der Waals surface area contributed by atoms with Crippen LogP contribution in [0, 0.1) is 6.92 Å². The summed E-state index contributed by atoms with van der Waals surface area (Å²) in [6, 6.07) is 19.0. The summed E-state index contributed by atoms with van der Waals surface area (Å²) in [5, 5.41) is 2.79. The molecule has 0 aliphatic heterocycles. The average Bonchev–Trinajstić information content (AvgIpc) is 3.16. The first-order valence-electron chi connectivity index (χ1n) is 11.7. The van der Waals surface area contributed by atoms with Crippen LogP contribution in [0.2, 0.25) is 0 Å². The summed E-state index contributed by atoms with van der Waals surface area (Å²) >= 11 is 1.11. The summed E-state index contributed by atoms with van der Waals surface area (Å²) in [7, 11) is -4.00. The van der Waals surface area contributed by atoms with Crippen molar-refractivity contribution in [3.63, 3.8) is 0 Å². The predicted molar refractivity (Wildman–Crippen MR) is 147 cm³/mol. The van der Waals surface area contributed by atoms with Crippen LogP contribution in [0.4, 0.5) is 11.4 Å². The number of thiazole rings is 1. The van der Waals surface area contributed by atoms with Gasteiger partial charge in [0.2, 0.25) is 5.91 Å². The van der Waals surface area contributed by atoms with Crippen LogP contribution in [0.5, 0.6) is 0 Å². The van der Waals surface area contributed by atoms with Crippen molar-refractivity contribution in [1.29, 1.82) is 0 Å². The molecule has 0 aliphatic rings. The van der Waals surface area contributed by atoms with Gasteiger partial charge in [-0.1, -0.05) is 55.0 Å². The summed E-state index contributed by atoms with van der Waals surface area (Å²) in [6.45, 7) is 8.07. The van der Waals surface area contributed by atoms with E-state index >= 15 is 0 Å². The maximum atomic E-state index is 13.6. The SMILES string of the molecule is CCn1c(=O)sc2cc(NC(=O)CN(c3ccc(C(C)C)cc3)S(=O)(=O)c3ccc(C)cc3)ccc21. The normalized spacial score (nSPS) is 11.7. The largest absolute Gasteiger partial charge is 0.324 e. The molecule has 1 heterocycles. The van der Waals surface area contributed by atoms with Crippen molar-refractivity contribution in [2.24, 2.45) is 0 Å². The number of aryl methyl sites for hydroxylation is 2. The van der Waals surface area contributed by atoms with Crippen molar-refractivity contribution in [3.8, 4) is 0 Å². The van der Waals surface area contributed by atoms with Crippen molar-refractivity contribution < 1.29 is 13.2 Å². The van der Waals surface area contributed by atoms with Crippen LogP contribution in [0.25, 0.3) is 10.2 Å². The van der Waals surface area contributed by atoms with Gasteiger partial charge in [-0.25, -0.2) is 8.42 Å². The Balaban J connectivity index is 1.65. The van der Waals surface area contributed by atoms with E-state index in [4.69, 9.17) is 0 Å². The van der Waals surface area contributed by atoms with Crippen LogP contribution in [0.15, 0.2) is 76.4 Å². The van der Waals surface area contributed by atoms with Gasteiger partial charge in [0.05, 0.1) is 20.8 Å². The number of aromatic nitrogens is 1. The third-order valence-electron chi connectivity index (χ3n) is 6.01. The molecule has 1 amide bonds. The van der Waals surface area contributed by atoms with E-state index in [9.17, 15) is 18.0 Å². The van der Waals surface area contributed by atoms with Crippen LogP contribution >= 0.6 is 11.3 Å². The minimum atomic E-state index is -4.00. The summed E-state index contributed by atoms with van der Waals surface area (Å²) in [5.41, 5.74) is 3.72. The Morgan fingerprint density at radius 2 is 1.69 bits per heavy atom. The number of hydrogen-bond donors (Lipinski definition) is 1. The molecule has 7 nitrogen and oxygen atoms in total. The number of nitrogens with zero attached hydrogens (tertiary/aromatic N) is 2. The number of benzene rings is 3. The third kappa shape index (κ3) is 5.22. The van der Waals surface area contributed by atoms with Crippen LogP contribution in [0.1, 0.15) is 37.8 Å². The van der Waals surface area contributed by atoms with Crippen LogP contribution in [0.3, 0.4) is 0 Å². The van der Waals surface area contributed by atoms with E-state index in [1.165, 1.54) is 0 Å². The molecule has 1 aromatic heterocycles. The van der Waals surface area contributed by atoms with Gasteiger partial charge >= 0.3 is 4.87 Å². The van der Waals surface area contributed by atoms with Crippen molar-refractivity contribution in [2.45, 2.75) is 45.1 Å². The second-order valence-corrected chi connectivity index (χ2v) is 11.8. The first-order chi connectivity index (χ1) is 17.1. The van der Waals surface area contributed by atoms with E-state index in [1.54, 1.807) is 59.2 Å². The minimum absolute atomic E-state index is 0.0591. The molecule has 0 saturated heterocycles. The number of rotatable bonds is 8.